The van der Waals surface area contributed by atoms with Crippen molar-refractivity contribution in [3.63, 3.8) is 0 Å². The molecule has 0 heterocycles. The molecule has 4 aliphatic carbocycles. The van der Waals surface area contributed by atoms with Crippen molar-refractivity contribution in [3.8, 4) is 0 Å². The van der Waals surface area contributed by atoms with E-state index in [0.717, 1.165) is 32.1 Å². The maximum atomic E-state index is 12.1. The van der Waals surface area contributed by atoms with Crippen LogP contribution in [-0.2, 0) is 4.79 Å². The first-order valence-electron chi connectivity index (χ1n) is 9.32. The van der Waals surface area contributed by atoms with Crippen LogP contribution in [0.1, 0.15) is 65.2 Å². The van der Waals surface area contributed by atoms with Crippen LogP contribution >= 0.6 is 0 Å². The van der Waals surface area contributed by atoms with E-state index in [4.69, 9.17) is 0 Å². The van der Waals surface area contributed by atoms with Crippen LogP contribution in [0.3, 0.4) is 0 Å². The molecular weight excluding hydrogens is 290 g/mol. The second-order valence-corrected chi connectivity index (χ2v) is 9.15. The molecule has 0 aliphatic heterocycles. The van der Waals surface area contributed by atoms with Crippen LogP contribution in [0.5, 0.6) is 0 Å². The van der Waals surface area contributed by atoms with E-state index in [9.17, 15) is 15.1 Å². The van der Waals surface area contributed by atoms with Crippen molar-refractivity contribution in [2.24, 2.45) is 39.7 Å². The van der Waals surface area contributed by atoms with Crippen molar-refractivity contribution in [2.45, 2.75) is 71.3 Å². The predicted molar refractivity (Wildman–Crippen MR) is 87.3 cm³/mol. The van der Waals surface area contributed by atoms with Gasteiger partial charge in [0.05, 0.1) is 6.10 Å². The van der Waals surface area contributed by atoms with Gasteiger partial charge in [-0.2, -0.15) is 0 Å². The second-order valence-electron chi connectivity index (χ2n) is 9.15. The normalized spacial score (nSPS) is 54.5. The Kier molecular flexibility index (Phi) is 3.43. The molecule has 0 aromatic carbocycles. The monoisotopic (exact) mass is 319 g/mol. The molecule has 2 N–H and O–H groups in total. The molecule has 0 radical (unpaired) electrons. The molecule has 4 rings (SSSR count). The van der Waals surface area contributed by atoms with E-state index < -0.39 is 0 Å². The number of hydrogen-bond acceptors (Lipinski definition) is 4. The highest BCUT2D eigenvalue weighted by Crippen LogP contribution is 2.65. The lowest BCUT2D eigenvalue weighted by molar-refractivity contribution is -0.129. The molecule has 23 heavy (non-hydrogen) atoms. The zero-order valence-corrected chi connectivity index (χ0v) is 14.3. The largest absolute Gasteiger partial charge is 0.411 e. The Bertz CT molecular complexity index is 559. The van der Waals surface area contributed by atoms with Gasteiger partial charge in [-0.1, -0.05) is 19.0 Å². The van der Waals surface area contributed by atoms with Crippen LogP contribution < -0.4 is 0 Å². The SMILES string of the molecule is C[C@]12CC(=NO)C(=O)CC1CC[C@@H]1[C@H]2CC[C@]2(C)C(O)CC[C@@H]12. The number of carbonyl (C=O) groups excluding carboxylic acids is 1. The molecule has 7 atom stereocenters. The number of aliphatic hydroxyl groups is 1. The van der Waals surface area contributed by atoms with Crippen molar-refractivity contribution in [1.82, 2.24) is 0 Å². The third-order valence-electron chi connectivity index (χ3n) is 8.44. The number of fused-ring (bicyclic) bond motifs is 5. The second kappa shape index (κ2) is 5.05. The van der Waals surface area contributed by atoms with Crippen LogP contribution in [0.25, 0.3) is 0 Å². The summed E-state index contributed by atoms with van der Waals surface area (Å²) in [7, 11) is 0. The standard InChI is InChI=1S/C19H29NO3/c1-18-8-7-14-12(13(18)5-6-17(18)22)4-3-11-9-16(21)15(20-23)10-19(11,14)2/h11-14,17,22-23H,3-10H2,1-2H3/t11?,12-,13-,14+,17?,18-,19-/m0/s1. The van der Waals surface area contributed by atoms with Crippen molar-refractivity contribution >= 4 is 11.5 Å². The maximum absolute atomic E-state index is 12.1. The number of ketones is 1. The first-order chi connectivity index (χ1) is 10.9. The van der Waals surface area contributed by atoms with E-state index >= 15 is 0 Å². The lowest BCUT2D eigenvalue weighted by atomic mass is 9.45. The van der Waals surface area contributed by atoms with Crippen LogP contribution in [0.15, 0.2) is 5.16 Å². The molecule has 4 nitrogen and oxygen atoms in total. The fraction of sp³-hybridized carbons (Fsp3) is 0.895. The van der Waals surface area contributed by atoms with E-state index in [0.29, 0.717) is 42.2 Å². The Morgan fingerprint density at radius 1 is 1.04 bits per heavy atom. The van der Waals surface area contributed by atoms with Gasteiger partial charge in [0, 0.05) is 12.8 Å². The molecule has 0 aromatic rings. The van der Waals surface area contributed by atoms with Gasteiger partial charge >= 0.3 is 0 Å². The van der Waals surface area contributed by atoms with Gasteiger partial charge in [0.1, 0.15) is 5.71 Å². The molecule has 0 amide bonds. The Hall–Kier alpha value is -0.900. The summed E-state index contributed by atoms with van der Waals surface area (Å²) in [6, 6.07) is 0. The maximum Gasteiger partial charge on any atom is 0.180 e. The zero-order chi connectivity index (χ0) is 16.4. The number of oxime groups is 1. The van der Waals surface area contributed by atoms with E-state index in [1.807, 2.05) is 0 Å². The minimum Gasteiger partial charge on any atom is -0.411 e. The number of nitrogens with zero attached hydrogens (tertiary/aromatic N) is 1. The third kappa shape index (κ3) is 2.00. The van der Waals surface area contributed by atoms with Crippen molar-refractivity contribution in [2.75, 3.05) is 0 Å². The third-order valence-corrected chi connectivity index (χ3v) is 8.44. The summed E-state index contributed by atoms with van der Waals surface area (Å²) in [5.41, 5.74) is 0.583. The Morgan fingerprint density at radius 3 is 2.52 bits per heavy atom. The first-order valence-corrected chi connectivity index (χ1v) is 9.32. The minimum atomic E-state index is -0.138. The Morgan fingerprint density at radius 2 is 1.78 bits per heavy atom. The predicted octanol–water partition coefficient (Wildman–Crippen LogP) is 3.40. The number of Topliss-reactive ketones (excluding diaryl/α,β-unsaturated/α-hetero) is 1. The van der Waals surface area contributed by atoms with Crippen LogP contribution in [-0.4, -0.2) is 27.9 Å². The molecule has 4 heteroatoms. The highest BCUT2D eigenvalue weighted by atomic mass is 16.4. The highest BCUT2D eigenvalue weighted by Gasteiger charge is 2.60. The van der Waals surface area contributed by atoms with Crippen molar-refractivity contribution in [1.29, 1.82) is 0 Å². The van der Waals surface area contributed by atoms with Gasteiger partial charge in [-0.15, -0.1) is 0 Å². The van der Waals surface area contributed by atoms with Gasteiger partial charge in [-0.3, -0.25) is 4.79 Å². The van der Waals surface area contributed by atoms with Gasteiger partial charge in [-0.25, -0.2) is 0 Å². The zero-order valence-electron chi connectivity index (χ0n) is 14.3. The van der Waals surface area contributed by atoms with Crippen LogP contribution in [0.2, 0.25) is 0 Å². The molecule has 4 saturated carbocycles. The molecule has 4 aliphatic rings. The van der Waals surface area contributed by atoms with Gasteiger partial charge in [0.25, 0.3) is 0 Å². The summed E-state index contributed by atoms with van der Waals surface area (Å²) in [5, 5.41) is 23.0. The molecule has 0 saturated heterocycles. The van der Waals surface area contributed by atoms with Gasteiger partial charge in [-0.05, 0) is 73.0 Å². The average Bonchev–Trinajstić information content (AvgIpc) is 2.83. The first kappa shape index (κ1) is 15.6. The molecule has 0 aromatic heterocycles. The summed E-state index contributed by atoms with van der Waals surface area (Å²) in [6.45, 7) is 4.63. The molecule has 2 unspecified atom stereocenters. The smallest absolute Gasteiger partial charge is 0.180 e. The highest BCUT2D eigenvalue weighted by molar-refractivity contribution is 6.40. The average molecular weight is 319 g/mol. The summed E-state index contributed by atoms with van der Waals surface area (Å²) in [4.78, 5) is 12.1. The van der Waals surface area contributed by atoms with Crippen LogP contribution in [0.4, 0.5) is 0 Å². The fourth-order valence-corrected chi connectivity index (χ4v) is 7.01. The van der Waals surface area contributed by atoms with E-state index in [-0.39, 0.29) is 22.7 Å². The van der Waals surface area contributed by atoms with E-state index in [1.54, 1.807) is 0 Å². The molecular formula is C19H29NO3. The topological polar surface area (TPSA) is 69.9 Å². The lowest BCUT2D eigenvalue weighted by Gasteiger charge is -2.59. The molecule has 128 valence electrons. The molecule has 4 fully saturated rings. The van der Waals surface area contributed by atoms with Gasteiger partial charge in [0.2, 0.25) is 0 Å². The number of aliphatic hydroxyl groups excluding tert-OH is 1. The minimum absolute atomic E-state index is 0.0466. The fourth-order valence-electron chi connectivity index (χ4n) is 7.01. The number of hydrogen-bond donors (Lipinski definition) is 2. The quantitative estimate of drug-likeness (QED) is 0.531. The lowest BCUT2D eigenvalue weighted by Crippen LogP contribution is -2.55. The van der Waals surface area contributed by atoms with E-state index in [1.165, 1.54) is 6.42 Å². The van der Waals surface area contributed by atoms with Crippen LogP contribution in [0, 0.1) is 34.5 Å². The number of carbonyl (C=O) groups is 1. The summed E-state index contributed by atoms with van der Waals surface area (Å²) < 4.78 is 0. The summed E-state index contributed by atoms with van der Waals surface area (Å²) >= 11 is 0. The van der Waals surface area contributed by atoms with Gasteiger partial charge in [0.15, 0.2) is 5.78 Å². The molecule has 0 bridgehead atoms. The Labute approximate surface area is 138 Å². The van der Waals surface area contributed by atoms with Crippen molar-refractivity contribution in [3.05, 3.63) is 0 Å². The summed E-state index contributed by atoms with van der Waals surface area (Å²) in [6.07, 6.45) is 7.73. The van der Waals surface area contributed by atoms with Crippen molar-refractivity contribution < 1.29 is 15.1 Å². The number of rotatable bonds is 0. The summed E-state index contributed by atoms with van der Waals surface area (Å²) in [5.74, 6) is 2.39. The van der Waals surface area contributed by atoms with Gasteiger partial charge < -0.3 is 10.3 Å². The Balaban J connectivity index is 1.66. The van der Waals surface area contributed by atoms with E-state index in [2.05, 4.69) is 19.0 Å². The molecule has 0 spiro atoms.